The van der Waals surface area contributed by atoms with Gasteiger partial charge >= 0.3 is 0 Å². The topological polar surface area (TPSA) is 103 Å². The predicted octanol–water partition coefficient (Wildman–Crippen LogP) is 1.52. The highest BCUT2D eigenvalue weighted by Gasteiger charge is 2.29. The summed E-state index contributed by atoms with van der Waals surface area (Å²) in [7, 11) is -3.16. The van der Waals surface area contributed by atoms with Crippen molar-refractivity contribution in [3.63, 3.8) is 0 Å². The average molecular weight is 327 g/mol. The molecule has 3 heterocycles. The summed E-state index contributed by atoms with van der Waals surface area (Å²) in [5.41, 5.74) is 2.74. The number of aromatic nitrogens is 3. The van der Waals surface area contributed by atoms with E-state index in [2.05, 4.69) is 21.0 Å². The fourth-order valence-electron chi connectivity index (χ4n) is 2.89. The van der Waals surface area contributed by atoms with Crippen LogP contribution in [0.1, 0.15) is 17.8 Å². The molecule has 7 nitrogen and oxygen atoms in total. The zero-order valence-corrected chi connectivity index (χ0v) is 13.0. The van der Waals surface area contributed by atoms with Gasteiger partial charge < -0.3 is 4.98 Å². The number of pyridine rings is 1. The second kappa shape index (κ2) is 5.01. The van der Waals surface area contributed by atoms with Crippen molar-refractivity contribution < 1.29 is 8.42 Å². The lowest BCUT2D eigenvalue weighted by Crippen LogP contribution is -2.25. The van der Waals surface area contributed by atoms with Crippen LogP contribution in [0.4, 0.5) is 0 Å². The molecular formula is C15H13N5O2S. The molecule has 23 heavy (non-hydrogen) atoms. The maximum atomic E-state index is 11.9. The number of rotatable bonds is 2. The first kappa shape index (κ1) is 14.1. The standard InChI is InChI=1S/C15H13N5O2S/c16-7-10-2-3-12-11(6-10)15-13(8-17-12)18-14(19-15)9-20-4-1-5-23(20,21)22/h2-3,6,8H,1,4-5,9H2,(H,18,19). The summed E-state index contributed by atoms with van der Waals surface area (Å²) < 4.78 is 25.3. The Kier molecular flexibility index (Phi) is 3.07. The number of imidazole rings is 1. The second-order valence-corrected chi connectivity index (χ2v) is 7.64. The zero-order valence-electron chi connectivity index (χ0n) is 12.2. The van der Waals surface area contributed by atoms with Gasteiger partial charge in [0.25, 0.3) is 0 Å². The van der Waals surface area contributed by atoms with E-state index in [1.165, 1.54) is 4.31 Å². The van der Waals surface area contributed by atoms with E-state index in [1.54, 1.807) is 24.4 Å². The minimum Gasteiger partial charge on any atom is -0.340 e. The molecule has 1 saturated heterocycles. The number of aromatic amines is 1. The molecule has 8 heteroatoms. The summed E-state index contributed by atoms with van der Waals surface area (Å²) in [6, 6.07) is 7.36. The van der Waals surface area contributed by atoms with Crippen LogP contribution < -0.4 is 0 Å². The molecule has 1 fully saturated rings. The van der Waals surface area contributed by atoms with Gasteiger partial charge in [0.1, 0.15) is 5.82 Å². The fourth-order valence-corrected chi connectivity index (χ4v) is 4.37. The van der Waals surface area contributed by atoms with Crippen molar-refractivity contribution in [2.75, 3.05) is 12.3 Å². The van der Waals surface area contributed by atoms with Crippen molar-refractivity contribution in [2.45, 2.75) is 13.0 Å². The van der Waals surface area contributed by atoms with Crippen molar-refractivity contribution in [3.05, 3.63) is 35.8 Å². The first-order valence-corrected chi connectivity index (χ1v) is 8.83. The fraction of sp³-hybridized carbons (Fsp3) is 0.267. The summed E-state index contributed by atoms with van der Waals surface area (Å²) in [5, 5.41) is 9.84. The molecule has 116 valence electrons. The number of H-pyrrole nitrogens is 1. The lowest BCUT2D eigenvalue weighted by atomic mass is 10.1. The third-order valence-corrected chi connectivity index (χ3v) is 5.93. The Labute approximate surface area is 132 Å². The van der Waals surface area contributed by atoms with E-state index < -0.39 is 10.0 Å². The third-order valence-electron chi connectivity index (χ3n) is 4.02. The van der Waals surface area contributed by atoms with Crippen molar-refractivity contribution in [2.24, 2.45) is 0 Å². The monoisotopic (exact) mass is 327 g/mol. The SMILES string of the molecule is N#Cc1ccc2ncc3[nH]c(CN4CCCS4(=O)=O)nc3c2c1. The summed E-state index contributed by atoms with van der Waals surface area (Å²) in [6.07, 6.45) is 2.33. The Morgan fingerprint density at radius 1 is 1.39 bits per heavy atom. The van der Waals surface area contributed by atoms with Crippen LogP contribution in [0.2, 0.25) is 0 Å². The van der Waals surface area contributed by atoms with Crippen molar-refractivity contribution in [1.29, 1.82) is 5.26 Å². The zero-order chi connectivity index (χ0) is 16.0. The normalized spacial score (nSPS) is 17.7. The Balaban J connectivity index is 1.81. The molecule has 1 aliphatic heterocycles. The van der Waals surface area contributed by atoms with E-state index in [-0.39, 0.29) is 12.3 Å². The molecule has 0 amide bonds. The minimum atomic E-state index is -3.16. The summed E-state index contributed by atoms with van der Waals surface area (Å²) >= 11 is 0. The number of nitrogens with zero attached hydrogens (tertiary/aromatic N) is 4. The van der Waals surface area contributed by atoms with Gasteiger partial charge in [-0.25, -0.2) is 13.4 Å². The molecule has 0 saturated carbocycles. The molecule has 3 aromatic rings. The highest BCUT2D eigenvalue weighted by Crippen LogP contribution is 2.24. The molecule has 0 radical (unpaired) electrons. The molecule has 0 unspecified atom stereocenters. The lowest BCUT2D eigenvalue weighted by molar-refractivity contribution is 0.431. The van der Waals surface area contributed by atoms with Gasteiger partial charge in [-0.05, 0) is 24.6 Å². The van der Waals surface area contributed by atoms with Gasteiger partial charge in [-0.15, -0.1) is 0 Å². The Morgan fingerprint density at radius 3 is 3.00 bits per heavy atom. The molecular weight excluding hydrogens is 314 g/mol. The largest absolute Gasteiger partial charge is 0.340 e. The molecule has 4 rings (SSSR count). The van der Waals surface area contributed by atoms with E-state index in [0.29, 0.717) is 29.9 Å². The smallest absolute Gasteiger partial charge is 0.214 e. The number of hydrogen-bond acceptors (Lipinski definition) is 5. The number of nitrogens with one attached hydrogen (secondary N) is 1. The van der Waals surface area contributed by atoms with Gasteiger partial charge in [0.15, 0.2) is 0 Å². The first-order chi connectivity index (χ1) is 11.1. The van der Waals surface area contributed by atoms with Crippen LogP contribution in [-0.4, -0.2) is 40.0 Å². The van der Waals surface area contributed by atoms with Crippen LogP contribution in [0, 0.1) is 11.3 Å². The van der Waals surface area contributed by atoms with Crippen molar-refractivity contribution in [1.82, 2.24) is 19.3 Å². The third kappa shape index (κ3) is 2.34. The van der Waals surface area contributed by atoms with Gasteiger partial charge in [-0.1, -0.05) is 0 Å². The van der Waals surface area contributed by atoms with Crippen molar-refractivity contribution >= 4 is 32.0 Å². The Bertz CT molecular complexity index is 1060. The number of fused-ring (bicyclic) bond motifs is 3. The van der Waals surface area contributed by atoms with Crippen LogP contribution in [0.25, 0.3) is 21.9 Å². The van der Waals surface area contributed by atoms with Gasteiger partial charge in [0.2, 0.25) is 10.0 Å². The lowest BCUT2D eigenvalue weighted by Gasteiger charge is -2.11. The van der Waals surface area contributed by atoms with Crippen LogP contribution in [0.5, 0.6) is 0 Å². The molecule has 1 aromatic carbocycles. The highest BCUT2D eigenvalue weighted by atomic mass is 32.2. The van der Waals surface area contributed by atoms with E-state index in [9.17, 15) is 8.42 Å². The van der Waals surface area contributed by atoms with Crippen LogP contribution in [-0.2, 0) is 16.6 Å². The number of sulfonamides is 1. The maximum absolute atomic E-state index is 11.9. The summed E-state index contributed by atoms with van der Waals surface area (Å²) in [4.78, 5) is 12.0. The molecule has 0 aliphatic carbocycles. The van der Waals surface area contributed by atoms with Gasteiger partial charge in [0, 0.05) is 11.9 Å². The Morgan fingerprint density at radius 2 is 2.26 bits per heavy atom. The number of benzene rings is 1. The van der Waals surface area contributed by atoms with Gasteiger partial charge in [0.05, 0.1) is 46.7 Å². The number of nitriles is 1. The van der Waals surface area contributed by atoms with Crippen LogP contribution in [0.15, 0.2) is 24.4 Å². The van der Waals surface area contributed by atoms with E-state index in [1.807, 2.05) is 0 Å². The first-order valence-electron chi connectivity index (χ1n) is 7.22. The van der Waals surface area contributed by atoms with Crippen molar-refractivity contribution in [3.8, 4) is 6.07 Å². The van der Waals surface area contributed by atoms with E-state index >= 15 is 0 Å². The van der Waals surface area contributed by atoms with E-state index in [4.69, 9.17) is 5.26 Å². The predicted molar refractivity (Wildman–Crippen MR) is 84.9 cm³/mol. The molecule has 2 aromatic heterocycles. The maximum Gasteiger partial charge on any atom is 0.214 e. The summed E-state index contributed by atoms with van der Waals surface area (Å²) in [5.74, 6) is 0.783. The molecule has 1 N–H and O–H groups in total. The van der Waals surface area contributed by atoms with Crippen LogP contribution >= 0.6 is 0 Å². The summed E-state index contributed by atoms with van der Waals surface area (Å²) in [6.45, 7) is 0.757. The molecule has 1 aliphatic rings. The average Bonchev–Trinajstić information content (AvgIpc) is 3.10. The van der Waals surface area contributed by atoms with Gasteiger partial charge in [-0.3, -0.25) is 4.98 Å². The van der Waals surface area contributed by atoms with E-state index in [0.717, 1.165) is 16.4 Å². The molecule has 0 bridgehead atoms. The van der Waals surface area contributed by atoms with Gasteiger partial charge in [-0.2, -0.15) is 9.57 Å². The Hall–Kier alpha value is -2.50. The molecule has 0 spiro atoms. The molecule has 0 atom stereocenters. The van der Waals surface area contributed by atoms with Crippen LogP contribution in [0.3, 0.4) is 0 Å². The minimum absolute atomic E-state index is 0.198. The highest BCUT2D eigenvalue weighted by molar-refractivity contribution is 7.89. The quantitative estimate of drug-likeness (QED) is 0.768. The number of hydrogen-bond donors (Lipinski definition) is 1. The second-order valence-electron chi connectivity index (χ2n) is 5.55.